The van der Waals surface area contributed by atoms with Crippen LogP contribution in [0.15, 0.2) is 12.1 Å². The second-order valence-electron chi connectivity index (χ2n) is 3.20. The number of thiocarbonyl (C=S) groups is 1. The summed E-state index contributed by atoms with van der Waals surface area (Å²) in [5.74, 6) is -2.57. The van der Waals surface area contributed by atoms with Gasteiger partial charge in [0.1, 0.15) is 6.61 Å². The Morgan fingerprint density at radius 2 is 1.94 bits per heavy atom. The van der Waals surface area contributed by atoms with Crippen molar-refractivity contribution >= 4 is 29.2 Å². The highest BCUT2D eigenvalue weighted by atomic mass is 32.1. The van der Waals surface area contributed by atoms with Crippen LogP contribution < -0.4 is 0 Å². The summed E-state index contributed by atoms with van der Waals surface area (Å²) in [4.78, 5) is 21.9. The predicted octanol–water partition coefficient (Wildman–Crippen LogP) is 1.29. The fourth-order valence-corrected chi connectivity index (χ4v) is 1.88. The summed E-state index contributed by atoms with van der Waals surface area (Å²) in [6, 6.07) is 2.70. The Labute approximate surface area is 95.3 Å². The fraction of sp³-hybridized carbons (Fsp3) is 0.100. The van der Waals surface area contributed by atoms with Gasteiger partial charge in [0, 0.05) is 11.1 Å². The molecule has 1 aromatic carbocycles. The minimum atomic E-state index is -1.29. The van der Waals surface area contributed by atoms with E-state index in [0.717, 1.165) is 0 Å². The van der Waals surface area contributed by atoms with E-state index in [-0.39, 0.29) is 22.8 Å². The van der Waals surface area contributed by atoms with E-state index in [1.165, 1.54) is 12.1 Å². The van der Waals surface area contributed by atoms with Crippen LogP contribution in [-0.2, 0) is 11.3 Å². The highest BCUT2D eigenvalue weighted by Gasteiger charge is 2.28. The van der Waals surface area contributed by atoms with Crippen molar-refractivity contribution in [2.75, 3.05) is 0 Å². The molecule has 16 heavy (non-hydrogen) atoms. The van der Waals surface area contributed by atoms with Crippen LogP contribution in [-0.4, -0.2) is 27.2 Å². The summed E-state index contributed by atoms with van der Waals surface area (Å²) < 4.78 is 5.02. The molecule has 0 amide bonds. The van der Waals surface area contributed by atoms with Crippen molar-refractivity contribution in [1.29, 1.82) is 0 Å². The first-order valence-corrected chi connectivity index (χ1v) is 4.72. The van der Waals surface area contributed by atoms with Crippen LogP contribution >= 0.6 is 12.2 Å². The number of carbonyl (C=O) groups is 2. The number of carboxylic acids is 2. The van der Waals surface area contributed by atoms with Crippen molar-refractivity contribution in [3.8, 4) is 0 Å². The van der Waals surface area contributed by atoms with Gasteiger partial charge in [0.25, 0.3) is 0 Å². The van der Waals surface area contributed by atoms with Crippen molar-refractivity contribution in [2.45, 2.75) is 6.61 Å². The molecule has 0 aromatic heterocycles. The Morgan fingerprint density at radius 1 is 1.25 bits per heavy atom. The molecule has 5 nitrogen and oxygen atoms in total. The summed E-state index contributed by atoms with van der Waals surface area (Å²) in [5, 5.41) is 18.1. The molecule has 0 saturated heterocycles. The average Bonchev–Trinajstić information content (AvgIpc) is 2.58. The third-order valence-corrected chi connectivity index (χ3v) is 2.66. The number of ether oxygens (including phenoxy) is 1. The maximum atomic E-state index is 11.0. The molecule has 1 heterocycles. The highest BCUT2D eigenvalue weighted by molar-refractivity contribution is 7.80. The van der Waals surface area contributed by atoms with Crippen LogP contribution in [0.25, 0.3) is 0 Å². The molecule has 0 bridgehead atoms. The van der Waals surface area contributed by atoms with Crippen LogP contribution in [0.2, 0.25) is 0 Å². The maximum absolute atomic E-state index is 11.0. The number of hydrogen-bond donors (Lipinski definition) is 2. The normalized spacial score (nSPS) is 13.1. The molecule has 2 N–H and O–H groups in total. The zero-order valence-corrected chi connectivity index (χ0v) is 8.71. The third-order valence-electron chi connectivity index (χ3n) is 2.32. The Bertz CT molecular complexity index is 520. The fourth-order valence-electron chi connectivity index (χ4n) is 1.63. The number of hydrogen-bond acceptors (Lipinski definition) is 4. The number of fused-ring (bicyclic) bond motifs is 1. The summed E-state index contributed by atoms with van der Waals surface area (Å²) in [6.07, 6.45) is 0. The molecule has 0 unspecified atom stereocenters. The lowest BCUT2D eigenvalue weighted by molar-refractivity contribution is 0.0649. The van der Waals surface area contributed by atoms with Gasteiger partial charge in [-0.25, -0.2) is 9.59 Å². The molecule has 0 atom stereocenters. The molecule has 82 valence electrons. The van der Waals surface area contributed by atoms with E-state index in [9.17, 15) is 9.59 Å². The van der Waals surface area contributed by atoms with Crippen LogP contribution in [0.5, 0.6) is 0 Å². The lowest BCUT2D eigenvalue weighted by atomic mass is 9.98. The van der Waals surface area contributed by atoms with Crippen molar-refractivity contribution in [3.05, 3.63) is 34.4 Å². The first-order valence-electron chi connectivity index (χ1n) is 4.32. The van der Waals surface area contributed by atoms with Gasteiger partial charge < -0.3 is 14.9 Å². The van der Waals surface area contributed by atoms with E-state index in [4.69, 9.17) is 27.2 Å². The quantitative estimate of drug-likeness (QED) is 0.755. The number of rotatable bonds is 2. The second kappa shape index (κ2) is 3.57. The van der Waals surface area contributed by atoms with Gasteiger partial charge in [0.05, 0.1) is 11.1 Å². The number of aromatic carboxylic acids is 2. The standard InChI is InChI=1S/C10H6O5S/c11-8(12)5-2-1-4-6(3-15-10(4)16)7(5)9(13)14/h1-2H,3H2,(H,11,12)(H,13,14). The lowest BCUT2D eigenvalue weighted by Gasteiger charge is -2.05. The van der Waals surface area contributed by atoms with Crippen LogP contribution in [0.4, 0.5) is 0 Å². The molecule has 0 saturated carbocycles. The molecule has 2 rings (SSSR count). The van der Waals surface area contributed by atoms with E-state index in [1.807, 2.05) is 0 Å². The monoisotopic (exact) mass is 238 g/mol. The summed E-state index contributed by atoms with van der Waals surface area (Å²) in [6.45, 7) is 0.0108. The zero-order valence-electron chi connectivity index (χ0n) is 7.89. The highest BCUT2D eigenvalue weighted by Crippen LogP contribution is 2.27. The smallest absolute Gasteiger partial charge is 0.337 e. The third kappa shape index (κ3) is 1.43. The minimum Gasteiger partial charge on any atom is -0.478 e. The SMILES string of the molecule is O=C(O)c1ccc2c(c1C(=O)O)COC2=S. The maximum Gasteiger partial charge on any atom is 0.337 e. The van der Waals surface area contributed by atoms with Gasteiger partial charge in [-0.2, -0.15) is 0 Å². The average molecular weight is 238 g/mol. The molecule has 1 aromatic rings. The largest absolute Gasteiger partial charge is 0.478 e. The first kappa shape index (κ1) is 10.6. The van der Waals surface area contributed by atoms with E-state index < -0.39 is 11.9 Å². The molecule has 6 heteroatoms. The van der Waals surface area contributed by atoms with Gasteiger partial charge in [-0.3, -0.25) is 0 Å². The molecule has 1 aliphatic rings. The Balaban J connectivity index is 2.74. The molecular weight excluding hydrogens is 232 g/mol. The Hall–Kier alpha value is -1.95. The molecule has 0 radical (unpaired) electrons. The molecular formula is C10H6O5S. The topological polar surface area (TPSA) is 83.8 Å². The second-order valence-corrected chi connectivity index (χ2v) is 3.57. The minimum absolute atomic E-state index is 0.0108. The molecule has 0 spiro atoms. The van der Waals surface area contributed by atoms with Gasteiger partial charge in [0.2, 0.25) is 0 Å². The van der Waals surface area contributed by atoms with Crippen LogP contribution in [0.1, 0.15) is 31.8 Å². The van der Waals surface area contributed by atoms with E-state index in [2.05, 4.69) is 0 Å². The van der Waals surface area contributed by atoms with Crippen molar-refractivity contribution in [2.24, 2.45) is 0 Å². The van der Waals surface area contributed by atoms with Crippen molar-refractivity contribution < 1.29 is 24.5 Å². The lowest BCUT2D eigenvalue weighted by Crippen LogP contribution is -2.11. The summed E-state index contributed by atoms with van der Waals surface area (Å²) in [7, 11) is 0. The number of carboxylic acid groups (broad SMARTS) is 2. The van der Waals surface area contributed by atoms with Crippen LogP contribution in [0.3, 0.4) is 0 Å². The summed E-state index contributed by atoms with van der Waals surface area (Å²) in [5.41, 5.74) is 0.319. The summed E-state index contributed by atoms with van der Waals surface area (Å²) >= 11 is 4.87. The van der Waals surface area contributed by atoms with Crippen molar-refractivity contribution in [3.63, 3.8) is 0 Å². The van der Waals surface area contributed by atoms with Crippen LogP contribution in [0, 0.1) is 0 Å². The molecule has 0 fully saturated rings. The molecule has 0 aliphatic carbocycles. The Morgan fingerprint density at radius 3 is 2.50 bits per heavy atom. The zero-order chi connectivity index (χ0) is 11.9. The predicted molar refractivity (Wildman–Crippen MR) is 56.8 cm³/mol. The first-order chi connectivity index (χ1) is 7.52. The van der Waals surface area contributed by atoms with Gasteiger partial charge in [-0.15, -0.1) is 0 Å². The van der Waals surface area contributed by atoms with Gasteiger partial charge in [-0.1, -0.05) is 0 Å². The van der Waals surface area contributed by atoms with E-state index >= 15 is 0 Å². The van der Waals surface area contributed by atoms with Gasteiger partial charge in [0.15, 0.2) is 5.05 Å². The Kier molecular flexibility index (Phi) is 2.35. The molecule has 1 aliphatic heterocycles. The van der Waals surface area contributed by atoms with E-state index in [1.54, 1.807) is 0 Å². The van der Waals surface area contributed by atoms with E-state index in [0.29, 0.717) is 11.1 Å². The van der Waals surface area contributed by atoms with Gasteiger partial charge >= 0.3 is 11.9 Å². The van der Waals surface area contributed by atoms with Gasteiger partial charge in [-0.05, 0) is 24.4 Å². The van der Waals surface area contributed by atoms with Crippen molar-refractivity contribution in [1.82, 2.24) is 0 Å². The number of benzene rings is 1.